The smallest absolute Gasteiger partial charge is 0.138 e. The molecule has 1 aromatic rings. The van der Waals surface area contributed by atoms with E-state index in [1.807, 2.05) is 37.3 Å². The first-order chi connectivity index (χ1) is 7.18. The summed E-state index contributed by atoms with van der Waals surface area (Å²) in [6.45, 7) is 1.96. The van der Waals surface area contributed by atoms with E-state index in [0.717, 1.165) is 5.56 Å². The number of hydrogen-bond acceptors (Lipinski definition) is 2. The number of ketones is 1. The summed E-state index contributed by atoms with van der Waals surface area (Å²) in [5.74, 6) is 0.404. The summed E-state index contributed by atoms with van der Waals surface area (Å²) in [4.78, 5) is 11.6. The van der Waals surface area contributed by atoms with E-state index in [-0.39, 0.29) is 17.6 Å². The number of aliphatic hydroxyl groups is 1. The van der Waals surface area contributed by atoms with E-state index in [1.165, 1.54) is 0 Å². The van der Waals surface area contributed by atoms with Gasteiger partial charge in [0.2, 0.25) is 0 Å². The molecule has 1 N–H and O–H groups in total. The molecule has 0 saturated heterocycles. The molecule has 1 aliphatic carbocycles. The number of Topliss-reactive ketones (excluding diaryl/α,β-unsaturated/α-hetero) is 1. The van der Waals surface area contributed by atoms with Gasteiger partial charge in [-0.3, -0.25) is 4.79 Å². The van der Waals surface area contributed by atoms with Crippen molar-refractivity contribution in [1.82, 2.24) is 0 Å². The Balaban J connectivity index is 2.24. The SMILES string of the molecule is C[C@H]1C(=O)C[C@@H](O)C[C@@H]1c1ccccc1. The molecule has 15 heavy (non-hydrogen) atoms. The third-order valence-electron chi connectivity index (χ3n) is 3.30. The summed E-state index contributed by atoms with van der Waals surface area (Å²) in [5, 5.41) is 9.61. The second kappa shape index (κ2) is 4.15. The fraction of sp³-hybridized carbons (Fsp3) is 0.462. The molecule has 0 amide bonds. The van der Waals surface area contributed by atoms with Crippen molar-refractivity contribution in [1.29, 1.82) is 0 Å². The van der Waals surface area contributed by atoms with Crippen LogP contribution in [0.25, 0.3) is 0 Å². The van der Waals surface area contributed by atoms with Gasteiger partial charge in [-0.2, -0.15) is 0 Å². The fourth-order valence-electron chi connectivity index (χ4n) is 2.35. The normalized spacial score (nSPS) is 31.6. The second-order valence-electron chi connectivity index (χ2n) is 4.37. The van der Waals surface area contributed by atoms with Gasteiger partial charge in [0.25, 0.3) is 0 Å². The number of carbonyl (C=O) groups excluding carboxylic acids is 1. The fourth-order valence-corrected chi connectivity index (χ4v) is 2.35. The number of carbonyl (C=O) groups is 1. The quantitative estimate of drug-likeness (QED) is 0.761. The van der Waals surface area contributed by atoms with Crippen molar-refractivity contribution < 1.29 is 9.90 Å². The molecule has 0 heterocycles. The lowest BCUT2D eigenvalue weighted by Crippen LogP contribution is -2.32. The highest BCUT2D eigenvalue weighted by Crippen LogP contribution is 2.35. The summed E-state index contributed by atoms with van der Waals surface area (Å²) in [6.07, 6.45) is 0.570. The standard InChI is InChI=1S/C13H16O2/c1-9-12(7-11(14)8-13(9)15)10-5-3-2-4-6-10/h2-6,9,11-12,14H,7-8H2,1H3/t9-,11+,12+/m1/s1. The zero-order chi connectivity index (χ0) is 10.8. The first-order valence-corrected chi connectivity index (χ1v) is 5.44. The van der Waals surface area contributed by atoms with Gasteiger partial charge >= 0.3 is 0 Å². The molecule has 1 fully saturated rings. The Bertz CT molecular complexity index is 345. The number of rotatable bonds is 1. The third-order valence-corrected chi connectivity index (χ3v) is 3.30. The predicted molar refractivity (Wildman–Crippen MR) is 58.6 cm³/mol. The largest absolute Gasteiger partial charge is 0.393 e. The number of hydrogen-bond donors (Lipinski definition) is 1. The van der Waals surface area contributed by atoms with Gasteiger partial charge in [0.05, 0.1) is 6.10 Å². The van der Waals surface area contributed by atoms with Crippen LogP contribution < -0.4 is 0 Å². The summed E-state index contributed by atoms with van der Waals surface area (Å²) < 4.78 is 0. The van der Waals surface area contributed by atoms with Crippen LogP contribution in [0.5, 0.6) is 0 Å². The first-order valence-electron chi connectivity index (χ1n) is 5.44. The Morgan fingerprint density at radius 2 is 1.93 bits per heavy atom. The maximum Gasteiger partial charge on any atom is 0.138 e. The molecular weight excluding hydrogens is 188 g/mol. The van der Waals surface area contributed by atoms with Gasteiger partial charge in [-0.05, 0) is 17.9 Å². The van der Waals surface area contributed by atoms with Gasteiger partial charge in [-0.25, -0.2) is 0 Å². The maximum absolute atomic E-state index is 11.6. The van der Waals surface area contributed by atoms with E-state index in [4.69, 9.17) is 0 Å². The molecule has 0 aliphatic heterocycles. The van der Waals surface area contributed by atoms with Crippen molar-refractivity contribution in [2.45, 2.75) is 31.8 Å². The van der Waals surface area contributed by atoms with E-state index in [9.17, 15) is 9.90 Å². The molecule has 0 aromatic heterocycles. The molecule has 1 aliphatic rings. The van der Waals surface area contributed by atoms with Crippen LogP contribution in [0.2, 0.25) is 0 Å². The topological polar surface area (TPSA) is 37.3 Å². The minimum atomic E-state index is -0.459. The average Bonchev–Trinajstić information content (AvgIpc) is 2.24. The molecule has 0 bridgehead atoms. The molecule has 80 valence electrons. The monoisotopic (exact) mass is 204 g/mol. The molecule has 0 radical (unpaired) electrons. The van der Waals surface area contributed by atoms with Crippen LogP contribution in [0.4, 0.5) is 0 Å². The van der Waals surface area contributed by atoms with Crippen molar-refractivity contribution in [3.8, 4) is 0 Å². The molecule has 1 saturated carbocycles. The van der Waals surface area contributed by atoms with Gasteiger partial charge in [0.1, 0.15) is 5.78 Å². The van der Waals surface area contributed by atoms with E-state index in [0.29, 0.717) is 12.8 Å². The summed E-state index contributed by atoms with van der Waals surface area (Å²) >= 11 is 0. The van der Waals surface area contributed by atoms with E-state index in [2.05, 4.69) is 0 Å². The van der Waals surface area contributed by atoms with Gasteiger partial charge in [0, 0.05) is 12.3 Å². The molecule has 3 atom stereocenters. The summed E-state index contributed by atoms with van der Waals surface area (Å²) in [5.41, 5.74) is 1.16. The van der Waals surface area contributed by atoms with Gasteiger partial charge in [0.15, 0.2) is 0 Å². The lowest BCUT2D eigenvalue weighted by atomic mass is 9.74. The van der Waals surface area contributed by atoms with Crippen LogP contribution in [0.15, 0.2) is 30.3 Å². The highest BCUT2D eigenvalue weighted by Gasteiger charge is 2.33. The van der Waals surface area contributed by atoms with Crippen LogP contribution in [0.3, 0.4) is 0 Å². The zero-order valence-corrected chi connectivity index (χ0v) is 8.89. The average molecular weight is 204 g/mol. The molecule has 0 unspecified atom stereocenters. The van der Waals surface area contributed by atoms with Crippen LogP contribution in [-0.4, -0.2) is 17.0 Å². The van der Waals surface area contributed by atoms with Crippen molar-refractivity contribution in [3.05, 3.63) is 35.9 Å². The van der Waals surface area contributed by atoms with Crippen molar-refractivity contribution in [3.63, 3.8) is 0 Å². The number of aliphatic hydroxyl groups excluding tert-OH is 1. The minimum absolute atomic E-state index is 0.0378. The third kappa shape index (κ3) is 2.10. The molecule has 2 heteroatoms. The van der Waals surface area contributed by atoms with Crippen molar-refractivity contribution >= 4 is 5.78 Å². The van der Waals surface area contributed by atoms with Gasteiger partial charge < -0.3 is 5.11 Å². The molecule has 2 rings (SSSR count). The zero-order valence-electron chi connectivity index (χ0n) is 8.89. The minimum Gasteiger partial charge on any atom is -0.393 e. The van der Waals surface area contributed by atoms with Crippen LogP contribution in [0, 0.1) is 5.92 Å². The first kappa shape index (κ1) is 10.4. The van der Waals surface area contributed by atoms with Crippen LogP contribution in [-0.2, 0) is 4.79 Å². The Labute approximate surface area is 89.9 Å². The molecule has 0 spiro atoms. The van der Waals surface area contributed by atoms with Crippen molar-refractivity contribution in [2.24, 2.45) is 5.92 Å². The van der Waals surface area contributed by atoms with E-state index < -0.39 is 6.10 Å². The maximum atomic E-state index is 11.6. The van der Waals surface area contributed by atoms with Crippen molar-refractivity contribution in [2.75, 3.05) is 0 Å². The number of benzene rings is 1. The Morgan fingerprint density at radius 3 is 2.60 bits per heavy atom. The lowest BCUT2D eigenvalue weighted by molar-refractivity contribution is -0.128. The van der Waals surface area contributed by atoms with Crippen LogP contribution >= 0.6 is 0 Å². The highest BCUT2D eigenvalue weighted by molar-refractivity contribution is 5.83. The predicted octanol–water partition coefficient (Wildman–Crippen LogP) is 2.13. The summed E-state index contributed by atoms with van der Waals surface area (Å²) in [6, 6.07) is 10.00. The molecule has 2 nitrogen and oxygen atoms in total. The lowest BCUT2D eigenvalue weighted by Gasteiger charge is -2.31. The Morgan fingerprint density at radius 1 is 1.27 bits per heavy atom. The molecular formula is C13H16O2. The van der Waals surface area contributed by atoms with Gasteiger partial charge in [-0.15, -0.1) is 0 Å². The summed E-state index contributed by atoms with van der Waals surface area (Å²) in [7, 11) is 0. The van der Waals surface area contributed by atoms with E-state index in [1.54, 1.807) is 0 Å². The Hall–Kier alpha value is -1.15. The van der Waals surface area contributed by atoms with Gasteiger partial charge in [-0.1, -0.05) is 37.3 Å². The molecule has 1 aromatic carbocycles. The second-order valence-corrected chi connectivity index (χ2v) is 4.37. The Kier molecular flexibility index (Phi) is 2.87. The van der Waals surface area contributed by atoms with E-state index >= 15 is 0 Å². The van der Waals surface area contributed by atoms with Crippen LogP contribution in [0.1, 0.15) is 31.2 Å². The highest BCUT2D eigenvalue weighted by atomic mass is 16.3.